The molecule has 36 heavy (non-hydrogen) atoms. The van der Waals surface area contributed by atoms with Crippen LogP contribution in [0.3, 0.4) is 0 Å². The first-order valence-corrected chi connectivity index (χ1v) is 13.4. The van der Waals surface area contributed by atoms with Crippen LogP contribution in [-0.4, -0.2) is 25.8 Å². The number of ether oxygens (including phenoxy) is 1. The van der Waals surface area contributed by atoms with Gasteiger partial charge in [0.1, 0.15) is 5.75 Å². The Kier molecular flexibility index (Phi) is 6.48. The fourth-order valence-electron chi connectivity index (χ4n) is 4.35. The summed E-state index contributed by atoms with van der Waals surface area (Å²) in [7, 11) is -3.71. The van der Waals surface area contributed by atoms with Crippen LogP contribution in [0.5, 0.6) is 5.75 Å². The smallest absolute Gasteiger partial charge is 0.261 e. The highest BCUT2D eigenvalue weighted by molar-refractivity contribution is 7.92. The Hall–Kier alpha value is -4.10. The molecule has 1 heterocycles. The monoisotopic (exact) mass is 497 g/mol. The van der Waals surface area contributed by atoms with Crippen LogP contribution in [0.15, 0.2) is 101 Å². The molecule has 1 N–H and O–H groups in total. The summed E-state index contributed by atoms with van der Waals surface area (Å²) in [5.41, 5.74) is 4.55. The molecule has 0 spiro atoms. The summed E-state index contributed by atoms with van der Waals surface area (Å²) in [5.74, 6) is 0.693. The summed E-state index contributed by atoms with van der Waals surface area (Å²) in [5, 5.41) is 2.41. The third-order valence-corrected chi connectivity index (χ3v) is 7.44. The highest BCUT2D eigenvalue weighted by Gasteiger charge is 2.14. The zero-order chi connectivity index (χ0) is 25.1. The predicted molar refractivity (Wildman–Crippen MR) is 147 cm³/mol. The lowest BCUT2D eigenvalue weighted by Gasteiger charge is -2.09. The van der Waals surface area contributed by atoms with Crippen molar-refractivity contribution in [2.24, 2.45) is 4.99 Å². The van der Waals surface area contributed by atoms with E-state index in [0.29, 0.717) is 23.7 Å². The standard InChI is InChI=1S/C29H27N3O3S/c1-3-32-28-8-6-5-7-26(28)27-19-21(9-18-29(27)32)20-30-22-12-16-25(17-13-22)36(33,34)31-23-10-14-24(15-11-23)35-4-2/h5-20,31H,3-4H2,1-2H3. The zero-order valence-corrected chi connectivity index (χ0v) is 21.0. The van der Waals surface area contributed by atoms with E-state index >= 15 is 0 Å². The number of aryl methyl sites for hydroxylation is 1. The van der Waals surface area contributed by atoms with E-state index in [1.54, 1.807) is 54.7 Å². The number of fused-ring (bicyclic) bond motifs is 3. The molecule has 0 unspecified atom stereocenters. The average molecular weight is 498 g/mol. The van der Waals surface area contributed by atoms with E-state index in [1.807, 2.05) is 6.92 Å². The Balaban J connectivity index is 1.34. The maximum absolute atomic E-state index is 12.8. The lowest BCUT2D eigenvalue weighted by Crippen LogP contribution is -2.12. The average Bonchev–Trinajstić information content (AvgIpc) is 3.22. The third-order valence-electron chi connectivity index (χ3n) is 6.04. The van der Waals surface area contributed by atoms with Crippen molar-refractivity contribution in [2.75, 3.05) is 11.3 Å². The number of sulfonamides is 1. The largest absolute Gasteiger partial charge is 0.494 e. The summed E-state index contributed by atoms with van der Waals surface area (Å²) >= 11 is 0. The third kappa shape index (κ3) is 4.70. The quantitative estimate of drug-likeness (QED) is 0.241. The van der Waals surface area contributed by atoms with Crippen LogP contribution in [0.1, 0.15) is 19.4 Å². The Morgan fingerprint density at radius 2 is 1.58 bits per heavy atom. The number of rotatable bonds is 8. The summed E-state index contributed by atoms with van der Waals surface area (Å²) in [6, 6.07) is 28.1. The van der Waals surface area contributed by atoms with Gasteiger partial charge in [0.15, 0.2) is 0 Å². The molecule has 0 aliphatic carbocycles. The molecule has 0 saturated carbocycles. The van der Waals surface area contributed by atoms with Crippen LogP contribution in [-0.2, 0) is 16.6 Å². The van der Waals surface area contributed by atoms with Crippen molar-refractivity contribution in [3.8, 4) is 5.75 Å². The van der Waals surface area contributed by atoms with Crippen molar-refractivity contribution in [2.45, 2.75) is 25.3 Å². The van der Waals surface area contributed by atoms with Crippen LogP contribution in [0.2, 0.25) is 0 Å². The molecule has 0 radical (unpaired) electrons. The number of aromatic nitrogens is 1. The van der Waals surface area contributed by atoms with Crippen LogP contribution >= 0.6 is 0 Å². The van der Waals surface area contributed by atoms with Crippen LogP contribution in [0.25, 0.3) is 21.8 Å². The lowest BCUT2D eigenvalue weighted by atomic mass is 10.1. The van der Waals surface area contributed by atoms with Crippen molar-refractivity contribution in [3.63, 3.8) is 0 Å². The zero-order valence-electron chi connectivity index (χ0n) is 20.2. The summed E-state index contributed by atoms with van der Waals surface area (Å²) in [6.45, 7) is 5.51. The van der Waals surface area contributed by atoms with Crippen LogP contribution < -0.4 is 9.46 Å². The van der Waals surface area contributed by atoms with Gasteiger partial charge in [-0.3, -0.25) is 9.71 Å². The molecular formula is C29H27N3O3S. The maximum atomic E-state index is 12.8. The van der Waals surface area contributed by atoms with Gasteiger partial charge in [-0.05, 0) is 86.1 Å². The number of benzene rings is 4. The number of nitrogens with zero attached hydrogens (tertiary/aromatic N) is 2. The van der Waals surface area contributed by atoms with E-state index in [9.17, 15) is 8.42 Å². The first kappa shape index (κ1) is 23.6. The number of para-hydroxylation sites is 1. The minimum Gasteiger partial charge on any atom is -0.494 e. The van der Waals surface area contributed by atoms with E-state index in [-0.39, 0.29) is 4.90 Å². The maximum Gasteiger partial charge on any atom is 0.261 e. The molecule has 4 aromatic carbocycles. The Morgan fingerprint density at radius 3 is 2.31 bits per heavy atom. The molecule has 5 aromatic rings. The van der Waals surface area contributed by atoms with Crippen LogP contribution in [0, 0.1) is 0 Å². The first-order chi connectivity index (χ1) is 17.5. The fraction of sp³-hybridized carbons (Fsp3) is 0.138. The summed E-state index contributed by atoms with van der Waals surface area (Å²) in [6.07, 6.45) is 1.80. The van der Waals surface area contributed by atoms with Gasteiger partial charge in [-0.25, -0.2) is 8.42 Å². The summed E-state index contributed by atoms with van der Waals surface area (Å²) in [4.78, 5) is 4.73. The molecule has 1 aromatic heterocycles. The van der Waals surface area contributed by atoms with E-state index in [2.05, 4.69) is 63.7 Å². The second kappa shape index (κ2) is 9.87. The molecule has 182 valence electrons. The Labute approximate surface area is 210 Å². The van der Waals surface area contributed by atoms with Gasteiger partial charge in [0, 0.05) is 40.3 Å². The molecular weight excluding hydrogens is 470 g/mol. The van der Waals surface area contributed by atoms with Gasteiger partial charge in [0.25, 0.3) is 10.0 Å². The molecule has 0 atom stereocenters. The van der Waals surface area contributed by atoms with Gasteiger partial charge >= 0.3 is 0 Å². The number of nitrogens with one attached hydrogen (secondary N) is 1. The van der Waals surface area contributed by atoms with Crippen molar-refractivity contribution < 1.29 is 13.2 Å². The Bertz CT molecular complexity index is 1650. The normalized spacial score (nSPS) is 11.9. The minimum absolute atomic E-state index is 0.170. The van der Waals surface area contributed by atoms with Gasteiger partial charge in [-0.1, -0.05) is 24.3 Å². The van der Waals surface area contributed by atoms with Crippen molar-refractivity contribution in [1.29, 1.82) is 0 Å². The molecule has 0 amide bonds. The molecule has 7 heteroatoms. The predicted octanol–water partition coefficient (Wildman–Crippen LogP) is 6.76. The van der Waals surface area contributed by atoms with E-state index in [0.717, 1.165) is 12.1 Å². The van der Waals surface area contributed by atoms with Gasteiger partial charge in [-0.15, -0.1) is 0 Å². The number of hydrogen-bond acceptors (Lipinski definition) is 4. The molecule has 0 bridgehead atoms. The molecule has 0 fully saturated rings. The van der Waals surface area contributed by atoms with Gasteiger partial charge < -0.3 is 9.30 Å². The minimum atomic E-state index is -3.71. The SMILES string of the molecule is CCOc1ccc(NS(=O)(=O)c2ccc(N=Cc3ccc4c(c3)c3ccccc3n4CC)cc2)cc1. The highest BCUT2D eigenvalue weighted by Crippen LogP contribution is 2.29. The second-order valence-corrected chi connectivity index (χ2v) is 10.0. The van der Waals surface area contributed by atoms with Gasteiger partial charge in [0.05, 0.1) is 17.2 Å². The molecule has 0 aliphatic rings. The first-order valence-electron chi connectivity index (χ1n) is 11.9. The fourth-order valence-corrected chi connectivity index (χ4v) is 5.41. The number of hydrogen-bond donors (Lipinski definition) is 1. The Morgan fingerprint density at radius 1 is 0.861 bits per heavy atom. The van der Waals surface area contributed by atoms with Crippen molar-refractivity contribution in [3.05, 3.63) is 96.6 Å². The molecule has 6 nitrogen and oxygen atoms in total. The second-order valence-electron chi connectivity index (χ2n) is 8.35. The van der Waals surface area contributed by atoms with E-state index < -0.39 is 10.0 Å². The van der Waals surface area contributed by atoms with E-state index in [1.165, 1.54) is 21.8 Å². The number of aliphatic imine (C=N–C) groups is 1. The highest BCUT2D eigenvalue weighted by atomic mass is 32.2. The van der Waals surface area contributed by atoms with Crippen molar-refractivity contribution >= 4 is 49.4 Å². The van der Waals surface area contributed by atoms with Gasteiger partial charge in [0.2, 0.25) is 0 Å². The lowest BCUT2D eigenvalue weighted by molar-refractivity contribution is 0.340. The number of anilines is 1. The van der Waals surface area contributed by atoms with Crippen LogP contribution in [0.4, 0.5) is 11.4 Å². The topological polar surface area (TPSA) is 72.7 Å². The molecule has 0 aliphatic heterocycles. The van der Waals surface area contributed by atoms with Gasteiger partial charge in [-0.2, -0.15) is 0 Å². The van der Waals surface area contributed by atoms with Crippen molar-refractivity contribution in [1.82, 2.24) is 4.57 Å². The molecule has 5 rings (SSSR count). The molecule has 0 saturated heterocycles. The van der Waals surface area contributed by atoms with E-state index in [4.69, 9.17) is 4.74 Å². The summed E-state index contributed by atoms with van der Waals surface area (Å²) < 4.78 is 35.9.